The molecule has 0 aliphatic rings. The summed E-state index contributed by atoms with van der Waals surface area (Å²) in [6.07, 6.45) is 0. The lowest BCUT2D eigenvalue weighted by Crippen LogP contribution is -2.19. The van der Waals surface area contributed by atoms with Gasteiger partial charge < -0.3 is 16.4 Å². The first-order chi connectivity index (χ1) is 10.9. The largest absolute Gasteiger partial charge is 0.351 e. The summed E-state index contributed by atoms with van der Waals surface area (Å²) in [6.45, 7) is 1.52. The van der Waals surface area contributed by atoms with Crippen molar-refractivity contribution in [3.05, 3.63) is 63.7 Å². The molecule has 0 saturated heterocycles. The molecule has 0 radical (unpaired) electrons. The van der Waals surface area contributed by atoms with E-state index in [1.807, 2.05) is 0 Å². The summed E-state index contributed by atoms with van der Waals surface area (Å²) < 4.78 is 0. The first kappa shape index (κ1) is 16.0. The van der Waals surface area contributed by atoms with Crippen molar-refractivity contribution >= 4 is 29.0 Å². The van der Waals surface area contributed by atoms with Crippen LogP contribution in [0, 0.1) is 17.0 Å². The zero-order valence-corrected chi connectivity index (χ0v) is 12.2. The number of urea groups is 1. The average molecular weight is 314 g/mol. The van der Waals surface area contributed by atoms with E-state index >= 15 is 0 Å². The van der Waals surface area contributed by atoms with Crippen LogP contribution >= 0.6 is 0 Å². The predicted molar refractivity (Wildman–Crippen MR) is 85.4 cm³/mol. The number of carbonyl (C=O) groups excluding carboxylic acids is 2. The molecular weight excluding hydrogens is 300 g/mol. The molecule has 0 aromatic heterocycles. The van der Waals surface area contributed by atoms with E-state index in [4.69, 9.17) is 5.73 Å². The van der Waals surface area contributed by atoms with Crippen LogP contribution in [0.25, 0.3) is 0 Å². The second-order valence-corrected chi connectivity index (χ2v) is 4.73. The van der Waals surface area contributed by atoms with Gasteiger partial charge in [-0.15, -0.1) is 0 Å². The highest BCUT2D eigenvalue weighted by atomic mass is 16.6. The van der Waals surface area contributed by atoms with Gasteiger partial charge in [-0.25, -0.2) is 4.79 Å². The molecule has 8 heteroatoms. The Morgan fingerprint density at radius 2 is 1.61 bits per heavy atom. The molecule has 3 amide bonds. The molecular formula is C15H14N4O4. The monoisotopic (exact) mass is 314 g/mol. The number of hydrogen-bond acceptors (Lipinski definition) is 4. The first-order valence-electron chi connectivity index (χ1n) is 6.60. The minimum absolute atomic E-state index is 0.112. The number of nitro benzene ring substituents is 1. The zero-order valence-electron chi connectivity index (χ0n) is 12.2. The molecule has 0 fully saturated rings. The van der Waals surface area contributed by atoms with Gasteiger partial charge in [0.1, 0.15) is 0 Å². The van der Waals surface area contributed by atoms with E-state index < -0.39 is 16.9 Å². The molecule has 0 spiro atoms. The van der Waals surface area contributed by atoms with Crippen LogP contribution in [-0.2, 0) is 0 Å². The average Bonchev–Trinajstić information content (AvgIpc) is 2.48. The van der Waals surface area contributed by atoms with E-state index in [9.17, 15) is 19.7 Å². The highest BCUT2D eigenvalue weighted by Gasteiger charge is 2.17. The SMILES string of the molecule is Cc1c(C(=O)Nc2ccc(NC(N)=O)cc2)cccc1[N+](=O)[O-]. The molecule has 0 heterocycles. The van der Waals surface area contributed by atoms with E-state index in [0.717, 1.165) is 0 Å². The van der Waals surface area contributed by atoms with E-state index in [1.54, 1.807) is 24.3 Å². The summed E-state index contributed by atoms with van der Waals surface area (Å²) in [5, 5.41) is 15.9. The van der Waals surface area contributed by atoms with E-state index in [1.165, 1.54) is 25.1 Å². The lowest BCUT2D eigenvalue weighted by atomic mass is 10.1. The summed E-state index contributed by atoms with van der Waals surface area (Å²) in [4.78, 5) is 33.4. The number of carbonyl (C=O) groups is 2. The number of nitrogens with zero attached hydrogens (tertiary/aromatic N) is 1. The molecule has 2 rings (SSSR count). The number of primary amides is 1. The summed E-state index contributed by atoms with van der Waals surface area (Å²) in [6, 6.07) is 9.93. The number of rotatable bonds is 4. The molecule has 8 nitrogen and oxygen atoms in total. The highest BCUT2D eigenvalue weighted by molar-refractivity contribution is 6.06. The van der Waals surface area contributed by atoms with Crippen LogP contribution in [0.15, 0.2) is 42.5 Å². The van der Waals surface area contributed by atoms with Gasteiger partial charge in [0.25, 0.3) is 11.6 Å². The second kappa shape index (κ2) is 6.56. The highest BCUT2D eigenvalue weighted by Crippen LogP contribution is 2.22. The van der Waals surface area contributed by atoms with Gasteiger partial charge in [-0.1, -0.05) is 6.07 Å². The van der Waals surface area contributed by atoms with Gasteiger partial charge in [0.15, 0.2) is 0 Å². The van der Waals surface area contributed by atoms with E-state index in [-0.39, 0.29) is 11.3 Å². The van der Waals surface area contributed by atoms with Crippen molar-refractivity contribution in [3.8, 4) is 0 Å². The third-order valence-corrected chi connectivity index (χ3v) is 3.16. The molecule has 4 N–H and O–H groups in total. The van der Waals surface area contributed by atoms with Crippen molar-refractivity contribution in [1.29, 1.82) is 0 Å². The van der Waals surface area contributed by atoms with Crippen LogP contribution in [0.1, 0.15) is 15.9 Å². The number of anilines is 2. The molecule has 0 unspecified atom stereocenters. The molecule has 0 bridgehead atoms. The quantitative estimate of drug-likeness (QED) is 0.592. The maximum Gasteiger partial charge on any atom is 0.316 e. The Kier molecular flexibility index (Phi) is 4.55. The Morgan fingerprint density at radius 3 is 2.13 bits per heavy atom. The van der Waals surface area contributed by atoms with Gasteiger partial charge >= 0.3 is 6.03 Å². The van der Waals surface area contributed by atoms with Crippen molar-refractivity contribution in [1.82, 2.24) is 0 Å². The maximum absolute atomic E-state index is 12.2. The molecule has 118 valence electrons. The molecule has 0 aliphatic heterocycles. The van der Waals surface area contributed by atoms with Crippen molar-refractivity contribution in [2.24, 2.45) is 5.73 Å². The maximum atomic E-state index is 12.2. The smallest absolute Gasteiger partial charge is 0.316 e. The van der Waals surface area contributed by atoms with Gasteiger partial charge in [-0.2, -0.15) is 0 Å². The number of nitrogens with two attached hydrogens (primary N) is 1. The molecule has 0 atom stereocenters. The Morgan fingerprint density at radius 1 is 1.04 bits per heavy atom. The number of benzene rings is 2. The molecule has 0 saturated carbocycles. The first-order valence-corrected chi connectivity index (χ1v) is 6.60. The van der Waals surface area contributed by atoms with E-state index in [0.29, 0.717) is 16.9 Å². The van der Waals surface area contributed by atoms with Crippen molar-refractivity contribution in [3.63, 3.8) is 0 Å². The van der Waals surface area contributed by atoms with Gasteiger partial charge in [0, 0.05) is 28.6 Å². The number of nitrogens with one attached hydrogen (secondary N) is 2. The van der Waals surface area contributed by atoms with Crippen molar-refractivity contribution < 1.29 is 14.5 Å². The lowest BCUT2D eigenvalue weighted by molar-refractivity contribution is -0.385. The fourth-order valence-electron chi connectivity index (χ4n) is 2.04. The molecule has 2 aromatic carbocycles. The van der Waals surface area contributed by atoms with Crippen LogP contribution in [-0.4, -0.2) is 16.9 Å². The Hall–Kier alpha value is -3.42. The zero-order chi connectivity index (χ0) is 17.0. The third kappa shape index (κ3) is 3.82. The van der Waals surface area contributed by atoms with Crippen LogP contribution in [0.3, 0.4) is 0 Å². The molecule has 0 aliphatic carbocycles. The van der Waals surface area contributed by atoms with Crippen LogP contribution in [0.5, 0.6) is 0 Å². The lowest BCUT2D eigenvalue weighted by Gasteiger charge is -2.09. The summed E-state index contributed by atoms with van der Waals surface area (Å²) >= 11 is 0. The standard InChI is InChI=1S/C15H14N4O4/c1-9-12(3-2-4-13(9)19(22)23)14(20)17-10-5-7-11(8-6-10)18-15(16)21/h2-8H,1H3,(H,17,20)(H3,16,18,21). The normalized spacial score (nSPS) is 9.96. The van der Waals surface area contributed by atoms with Crippen molar-refractivity contribution in [2.45, 2.75) is 6.92 Å². The van der Waals surface area contributed by atoms with Gasteiger partial charge in [-0.05, 0) is 37.3 Å². The van der Waals surface area contributed by atoms with Gasteiger partial charge in [-0.3, -0.25) is 14.9 Å². The van der Waals surface area contributed by atoms with Crippen molar-refractivity contribution in [2.75, 3.05) is 10.6 Å². The predicted octanol–water partition coefficient (Wildman–Crippen LogP) is 2.65. The summed E-state index contributed by atoms with van der Waals surface area (Å²) in [5.41, 5.74) is 6.37. The van der Waals surface area contributed by atoms with E-state index in [2.05, 4.69) is 10.6 Å². The van der Waals surface area contributed by atoms with Crippen LogP contribution < -0.4 is 16.4 Å². The Balaban J connectivity index is 2.18. The second-order valence-electron chi connectivity index (χ2n) is 4.73. The van der Waals surface area contributed by atoms with Gasteiger partial charge in [0.05, 0.1) is 4.92 Å². The van der Waals surface area contributed by atoms with Gasteiger partial charge in [0.2, 0.25) is 0 Å². The summed E-state index contributed by atoms with van der Waals surface area (Å²) in [5.74, 6) is -0.457. The summed E-state index contributed by atoms with van der Waals surface area (Å²) in [7, 11) is 0. The van der Waals surface area contributed by atoms with Crippen LogP contribution in [0.4, 0.5) is 21.9 Å². The minimum Gasteiger partial charge on any atom is -0.351 e. The minimum atomic E-state index is -0.686. The number of hydrogen-bond donors (Lipinski definition) is 3. The topological polar surface area (TPSA) is 127 Å². The molecule has 2 aromatic rings. The number of nitro groups is 1. The Bertz CT molecular complexity index is 772. The molecule has 23 heavy (non-hydrogen) atoms. The number of amides is 3. The van der Waals surface area contributed by atoms with Crippen LogP contribution in [0.2, 0.25) is 0 Å². The Labute approximate surface area is 131 Å². The third-order valence-electron chi connectivity index (χ3n) is 3.16. The fourth-order valence-corrected chi connectivity index (χ4v) is 2.04. The fraction of sp³-hybridized carbons (Fsp3) is 0.0667.